The third-order valence-electron chi connectivity index (χ3n) is 3.28. The highest BCUT2D eigenvalue weighted by atomic mass is 16.5. The van der Waals surface area contributed by atoms with Crippen LogP contribution in [-0.4, -0.2) is 18.2 Å². The van der Waals surface area contributed by atoms with Crippen LogP contribution in [0.2, 0.25) is 0 Å². The van der Waals surface area contributed by atoms with Gasteiger partial charge in [0.25, 0.3) is 0 Å². The summed E-state index contributed by atoms with van der Waals surface area (Å²) < 4.78 is 5.73. The van der Waals surface area contributed by atoms with Crippen molar-refractivity contribution in [1.29, 1.82) is 0 Å². The van der Waals surface area contributed by atoms with Crippen molar-refractivity contribution in [2.24, 2.45) is 11.8 Å². The first-order valence-electron chi connectivity index (χ1n) is 6.11. The van der Waals surface area contributed by atoms with E-state index in [9.17, 15) is 0 Å². The molecule has 92 valence electrons. The van der Waals surface area contributed by atoms with Crippen LogP contribution in [0.25, 0.3) is 0 Å². The first kappa shape index (κ1) is 14.9. The van der Waals surface area contributed by atoms with Gasteiger partial charge in [0.1, 0.15) is 0 Å². The molecule has 0 aromatic rings. The normalized spacial score (nSPS) is 14.6. The van der Waals surface area contributed by atoms with Crippen molar-refractivity contribution in [2.45, 2.75) is 65.5 Å². The molecular formula is C12H28N2O. The third-order valence-corrected chi connectivity index (χ3v) is 3.28. The minimum atomic E-state index is -0.188. The van der Waals surface area contributed by atoms with Gasteiger partial charge in [0.15, 0.2) is 0 Å². The first-order chi connectivity index (χ1) is 7.01. The van der Waals surface area contributed by atoms with Gasteiger partial charge in [-0.05, 0) is 33.1 Å². The van der Waals surface area contributed by atoms with E-state index in [-0.39, 0.29) is 11.6 Å². The average Bonchev–Trinajstić information content (AvgIpc) is 2.19. The van der Waals surface area contributed by atoms with Crippen molar-refractivity contribution in [2.75, 3.05) is 6.61 Å². The maximum Gasteiger partial charge on any atom is 0.0792 e. The number of hydrazine groups is 1. The Kier molecular flexibility index (Phi) is 7.14. The number of ether oxygens (including phenoxy) is 1. The lowest BCUT2D eigenvalue weighted by Gasteiger charge is -2.35. The van der Waals surface area contributed by atoms with Crippen LogP contribution in [0, 0.1) is 5.92 Å². The Hall–Kier alpha value is -0.120. The minimum absolute atomic E-state index is 0.188. The van der Waals surface area contributed by atoms with Gasteiger partial charge in [0, 0.05) is 12.6 Å². The topological polar surface area (TPSA) is 47.3 Å². The SMILES string of the molecule is CCOC(C)(C)C(CC(CC)CC)NN. The molecule has 0 aromatic heterocycles. The summed E-state index contributed by atoms with van der Waals surface area (Å²) in [6.45, 7) is 11.4. The zero-order valence-electron chi connectivity index (χ0n) is 11.0. The molecule has 0 fully saturated rings. The van der Waals surface area contributed by atoms with Gasteiger partial charge in [-0.25, -0.2) is 0 Å². The Bertz CT molecular complexity index is 156. The van der Waals surface area contributed by atoms with Gasteiger partial charge in [0.2, 0.25) is 0 Å². The van der Waals surface area contributed by atoms with Crippen LogP contribution in [0.3, 0.4) is 0 Å². The lowest BCUT2D eigenvalue weighted by atomic mass is 9.87. The van der Waals surface area contributed by atoms with E-state index in [1.165, 1.54) is 12.8 Å². The quantitative estimate of drug-likeness (QED) is 0.484. The number of hydrogen-bond acceptors (Lipinski definition) is 3. The Morgan fingerprint density at radius 3 is 2.07 bits per heavy atom. The monoisotopic (exact) mass is 216 g/mol. The molecule has 0 aliphatic rings. The number of nitrogens with two attached hydrogens (primary N) is 1. The van der Waals surface area contributed by atoms with Gasteiger partial charge >= 0.3 is 0 Å². The van der Waals surface area contributed by atoms with E-state index in [0.717, 1.165) is 18.9 Å². The van der Waals surface area contributed by atoms with E-state index in [1.807, 2.05) is 6.92 Å². The zero-order valence-corrected chi connectivity index (χ0v) is 11.0. The molecule has 0 rings (SSSR count). The highest BCUT2D eigenvalue weighted by molar-refractivity contribution is 4.85. The molecule has 0 spiro atoms. The lowest BCUT2D eigenvalue weighted by Crippen LogP contribution is -2.52. The molecule has 0 heterocycles. The molecule has 3 heteroatoms. The molecule has 15 heavy (non-hydrogen) atoms. The fourth-order valence-electron chi connectivity index (χ4n) is 1.98. The maximum atomic E-state index is 5.73. The van der Waals surface area contributed by atoms with Crippen molar-refractivity contribution in [3.05, 3.63) is 0 Å². The molecule has 0 aliphatic heterocycles. The van der Waals surface area contributed by atoms with Crippen LogP contribution in [0.1, 0.15) is 53.9 Å². The lowest BCUT2D eigenvalue weighted by molar-refractivity contribution is -0.0439. The van der Waals surface area contributed by atoms with Crippen molar-refractivity contribution in [3.8, 4) is 0 Å². The van der Waals surface area contributed by atoms with Crippen molar-refractivity contribution in [1.82, 2.24) is 5.43 Å². The summed E-state index contributed by atoms with van der Waals surface area (Å²) in [5, 5.41) is 0. The van der Waals surface area contributed by atoms with Crippen LogP contribution in [0.15, 0.2) is 0 Å². The summed E-state index contributed by atoms with van der Waals surface area (Å²) in [4.78, 5) is 0. The molecule has 1 atom stereocenters. The van der Waals surface area contributed by atoms with Gasteiger partial charge in [-0.2, -0.15) is 0 Å². The Balaban J connectivity index is 4.33. The average molecular weight is 216 g/mol. The molecule has 0 amide bonds. The number of nitrogens with one attached hydrogen (secondary N) is 1. The van der Waals surface area contributed by atoms with Gasteiger partial charge in [0.05, 0.1) is 5.60 Å². The zero-order chi connectivity index (χ0) is 11.9. The van der Waals surface area contributed by atoms with Gasteiger partial charge in [-0.3, -0.25) is 11.3 Å². The van der Waals surface area contributed by atoms with Crippen LogP contribution in [-0.2, 0) is 4.74 Å². The largest absolute Gasteiger partial charge is 0.374 e. The van der Waals surface area contributed by atoms with E-state index >= 15 is 0 Å². The highest BCUT2D eigenvalue weighted by Crippen LogP contribution is 2.23. The fraction of sp³-hybridized carbons (Fsp3) is 1.00. The van der Waals surface area contributed by atoms with Gasteiger partial charge in [-0.15, -0.1) is 0 Å². The van der Waals surface area contributed by atoms with E-state index in [2.05, 4.69) is 33.1 Å². The van der Waals surface area contributed by atoms with E-state index in [0.29, 0.717) is 0 Å². The van der Waals surface area contributed by atoms with Gasteiger partial charge in [-0.1, -0.05) is 26.7 Å². The van der Waals surface area contributed by atoms with Crippen LogP contribution in [0.5, 0.6) is 0 Å². The molecule has 1 unspecified atom stereocenters. The van der Waals surface area contributed by atoms with Crippen LogP contribution < -0.4 is 11.3 Å². The molecule has 0 aromatic carbocycles. The van der Waals surface area contributed by atoms with Crippen molar-refractivity contribution in [3.63, 3.8) is 0 Å². The Morgan fingerprint density at radius 1 is 1.20 bits per heavy atom. The van der Waals surface area contributed by atoms with Gasteiger partial charge < -0.3 is 4.74 Å². The van der Waals surface area contributed by atoms with Crippen LogP contribution in [0.4, 0.5) is 0 Å². The number of rotatable bonds is 8. The summed E-state index contributed by atoms with van der Waals surface area (Å²) in [5.74, 6) is 6.34. The molecule has 0 saturated heterocycles. The molecule has 3 nitrogen and oxygen atoms in total. The smallest absolute Gasteiger partial charge is 0.0792 e. The second-order valence-corrected chi connectivity index (χ2v) is 4.67. The van der Waals surface area contributed by atoms with Crippen molar-refractivity contribution < 1.29 is 4.74 Å². The fourth-order valence-corrected chi connectivity index (χ4v) is 1.98. The van der Waals surface area contributed by atoms with Crippen LogP contribution >= 0.6 is 0 Å². The minimum Gasteiger partial charge on any atom is -0.374 e. The Morgan fingerprint density at radius 2 is 1.73 bits per heavy atom. The molecular weight excluding hydrogens is 188 g/mol. The standard InChI is InChI=1S/C12H28N2O/c1-6-10(7-2)9-11(14-13)12(4,5)15-8-3/h10-11,14H,6-9,13H2,1-5H3. The first-order valence-corrected chi connectivity index (χ1v) is 6.11. The maximum absolute atomic E-state index is 5.73. The Labute approximate surface area is 94.7 Å². The predicted octanol–water partition coefficient (Wildman–Crippen LogP) is 2.46. The number of hydrogen-bond donors (Lipinski definition) is 2. The highest BCUT2D eigenvalue weighted by Gasteiger charge is 2.30. The summed E-state index contributed by atoms with van der Waals surface area (Å²) in [6, 6.07) is 0.224. The summed E-state index contributed by atoms with van der Waals surface area (Å²) in [5.41, 5.74) is 2.71. The second-order valence-electron chi connectivity index (χ2n) is 4.67. The molecule has 3 N–H and O–H groups in total. The molecule has 0 bridgehead atoms. The predicted molar refractivity (Wildman–Crippen MR) is 65.5 cm³/mol. The molecule has 0 saturated carbocycles. The third kappa shape index (κ3) is 4.96. The second kappa shape index (κ2) is 7.20. The summed E-state index contributed by atoms with van der Waals surface area (Å²) >= 11 is 0. The molecule has 0 aliphatic carbocycles. The van der Waals surface area contributed by atoms with E-state index < -0.39 is 0 Å². The summed E-state index contributed by atoms with van der Waals surface area (Å²) in [7, 11) is 0. The van der Waals surface area contributed by atoms with E-state index in [4.69, 9.17) is 10.6 Å². The van der Waals surface area contributed by atoms with Crippen molar-refractivity contribution >= 4 is 0 Å². The molecule has 0 radical (unpaired) electrons. The van der Waals surface area contributed by atoms with E-state index in [1.54, 1.807) is 0 Å². The summed E-state index contributed by atoms with van der Waals surface area (Å²) in [6.07, 6.45) is 3.49.